The average Bonchev–Trinajstić information content (AvgIpc) is 2.98. The summed E-state index contributed by atoms with van der Waals surface area (Å²) in [4.78, 5) is 4.71. The lowest BCUT2D eigenvalue weighted by atomic mass is 10.2. The van der Waals surface area contributed by atoms with Gasteiger partial charge in [0.05, 0.1) is 12.0 Å². The molecule has 3 rings (SSSR count). The summed E-state index contributed by atoms with van der Waals surface area (Å²) in [5.74, 6) is 0.990. The number of nitrogens with one attached hydrogen (secondary N) is 1. The van der Waals surface area contributed by atoms with E-state index in [4.69, 9.17) is 9.40 Å². The molecule has 0 aliphatic heterocycles. The van der Waals surface area contributed by atoms with Crippen molar-refractivity contribution in [3.8, 4) is 0 Å². The lowest BCUT2D eigenvalue weighted by Crippen LogP contribution is -2.14. The zero-order chi connectivity index (χ0) is 12.4. The molecule has 3 heteroatoms. The van der Waals surface area contributed by atoms with Gasteiger partial charge in [-0.05, 0) is 43.9 Å². The highest BCUT2D eigenvalue weighted by molar-refractivity contribution is 5.27. The Morgan fingerprint density at radius 3 is 3.00 bits per heavy atom. The SMILES string of the molecule is Cc1occc1CNCc1ccc2c(n1)CCC2. The maximum atomic E-state index is 5.27. The molecule has 2 aromatic rings. The topological polar surface area (TPSA) is 38.1 Å². The van der Waals surface area contributed by atoms with E-state index in [-0.39, 0.29) is 0 Å². The molecular formula is C15H18N2O. The van der Waals surface area contributed by atoms with Crippen LogP contribution in [0.25, 0.3) is 0 Å². The molecule has 3 nitrogen and oxygen atoms in total. The molecule has 0 unspecified atom stereocenters. The highest BCUT2D eigenvalue weighted by atomic mass is 16.3. The van der Waals surface area contributed by atoms with Crippen LogP contribution in [0, 0.1) is 6.92 Å². The third-order valence-corrected chi connectivity index (χ3v) is 3.57. The van der Waals surface area contributed by atoms with Crippen LogP contribution in [0.1, 0.15) is 34.7 Å². The fraction of sp³-hybridized carbons (Fsp3) is 0.400. The van der Waals surface area contributed by atoms with Crippen molar-refractivity contribution in [2.75, 3.05) is 0 Å². The van der Waals surface area contributed by atoms with E-state index in [9.17, 15) is 0 Å². The summed E-state index contributed by atoms with van der Waals surface area (Å²) in [6, 6.07) is 6.38. The van der Waals surface area contributed by atoms with Crippen LogP contribution in [0.15, 0.2) is 28.9 Å². The Kier molecular flexibility index (Phi) is 3.15. The van der Waals surface area contributed by atoms with E-state index >= 15 is 0 Å². The van der Waals surface area contributed by atoms with E-state index in [0.29, 0.717) is 0 Å². The Morgan fingerprint density at radius 1 is 1.22 bits per heavy atom. The predicted octanol–water partition coefficient (Wildman–Crippen LogP) is 2.76. The van der Waals surface area contributed by atoms with Crippen molar-refractivity contribution >= 4 is 0 Å². The van der Waals surface area contributed by atoms with Crippen molar-refractivity contribution in [3.05, 3.63) is 52.7 Å². The molecule has 0 saturated heterocycles. The van der Waals surface area contributed by atoms with Crippen LogP contribution in [0.2, 0.25) is 0 Å². The molecule has 2 heterocycles. The Balaban J connectivity index is 1.59. The van der Waals surface area contributed by atoms with Crippen LogP contribution < -0.4 is 5.32 Å². The second-order valence-corrected chi connectivity index (χ2v) is 4.87. The van der Waals surface area contributed by atoms with E-state index in [1.807, 2.05) is 13.0 Å². The van der Waals surface area contributed by atoms with Crippen LogP contribution in [0.4, 0.5) is 0 Å². The van der Waals surface area contributed by atoms with Crippen LogP contribution in [-0.2, 0) is 25.9 Å². The number of fused-ring (bicyclic) bond motifs is 1. The largest absolute Gasteiger partial charge is 0.469 e. The highest BCUT2D eigenvalue weighted by Gasteiger charge is 2.12. The molecule has 18 heavy (non-hydrogen) atoms. The van der Waals surface area contributed by atoms with Crippen LogP contribution in [0.3, 0.4) is 0 Å². The number of rotatable bonds is 4. The number of pyridine rings is 1. The highest BCUT2D eigenvalue weighted by Crippen LogP contribution is 2.19. The molecule has 94 valence electrons. The lowest BCUT2D eigenvalue weighted by Gasteiger charge is -2.06. The summed E-state index contributed by atoms with van der Waals surface area (Å²) in [5, 5.41) is 3.41. The number of nitrogens with zero attached hydrogens (tertiary/aromatic N) is 1. The van der Waals surface area contributed by atoms with E-state index in [2.05, 4.69) is 17.4 Å². The van der Waals surface area contributed by atoms with Crippen molar-refractivity contribution < 1.29 is 4.42 Å². The van der Waals surface area contributed by atoms with Crippen LogP contribution in [0.5, 0.6) is 0 Å². The summed E-state index contributed by atoms with van der Waals surface area (Å²) >= 11 is 0. The molecule has 0 aromatic carbocycles. The third kappa shape index (κ3) is 2.31. The Labute approximate surface area is 107 Å². The summed E-state index contributed by atoms with van der Waals surface area (Å²) in [6.45, 7) is 3.64. The van der Waals surface area contributed by atoms with Crippen LogP contribution in [-0.4, -0.2) is 4.98 Å². The number of hydrogen-bond donors (Lipinski definition) is 1. The van der Waals surface area contributed by atoms with Gasteiger partial charge in [0.25, 0.3) is 0 Å². The summed E-state index contributed by atoms with van der Waals surface area (Å²) < 4.78 is 5.27. The van der Waals surface area contributed by atoms with E-state index in [0.717, 1.165) is 31.0 Å². The molecule has 1 aliphatic carbocycles. The van der Waals surface area contributed by atoms with Gasteiger partial charge in [-0.15, -0.1) is 0 Å². The van der Waals surface area contributed by atoms with Gasteiger partial charge in [-0.1, -0.05) is 6.07 Å². The number of hydrogen-bond acceptors (Lipinski definition) is 3. The minimum Gasteiger partial charge on any atom is -0.469 e. The average molecular weight is 242 g/mol. The van der Waals surface area contributed by atoms with Gasteiger partial charge in [-0.2, -0.15) is 0 Å². The molecule has 0 amide bonds. The van der Waals surface area contributed by atoms with Gasteiger partial charge in [0.2, 0.25) is 0 Å². The molecule has 0 saturated carbocycles. The van der Waals surface area contributed by atoms with E-state index in [1.54, 1.807) is 6.26 Å². The fourth-order valence-corrected chi connectivity index (χ4v) is 2.48. The summed E-state index contributed by atoms with van der Waals surface area (Å²) in [7, 11) is 0. The molecule has 0 radical (unpaired) electrons. The minimum absolute atomic E-state index is 0.817. The molecule has 2 aromatic heterocycles. The number of aromatic nitrogens is 1. The maximum absolute atomic E-state index is 5.27. The molecule has 0 atom stereocenters. The van der Waals surface area contributed by atoms with E-state index in [1.165, 1.54) is 29.7 Å². The van der Waals surface area contributed by atoms with Crippen molar-refractivity contribution in [2.45, 2.75) is 39.3 Å². The second-order valence-electron chi connectivity index (χ2n) is 4.87. The summed E-state index contributed by atoms with van der Waals surface area (Å²) in [6.07, 6.45) is 5.34. The standard InChI is InChI=1S/C15H18N2O/c1-11-13(7-8-18-11)9-16-10-14-6-5-12-3-2-4-15(12)17-14/h5-8,16H,2-4,9-10H2,1H3. The van der Waals surface area contributed by atoms with Crippen molar-refractivity contribution in [2.24, 2.45) is 0 Å². The van der Waals surface area contributed by atoms with Gasteiger partial charge in [0, 0.05) is 24.3 Å². The van der Waals surface area contributed by atoms with Gasteiger partial charge >= 0.3 is 0 Å². The number of aryl methyl sites for hydroxylation is 3. The van der Waals surface area contributed by atoms with Crippen molar-refractivity contribution in [3.63, 3.8) is 0 Å². The Morgan fingerprint density at radius 2 is 2.17 bits per heavy atom. The van der Waals surface area contributed by atoms with Crippen LogP contribution >= 0.6 is 0 Å². The fourth-order valence-electron chi connectivity index (χ4n) is 2.48. The normalized spacial score (nSPS) is 13.8. The zero-order valence-electron chi connectivity index (χ0n) is 10.7. The van der Waals surface area contributed by atoms with E-state index < -0.39 is 0 Å². The van der Waals surface area contributed by atoms with Gasteiger partial charge in [0.15, 0.2) is 0 Å². The monoisotopic (exact) mass is 242 g/mol. The quantitative estimate of drug-likeness (QED) is 0.896. The molecule has 1 aliphatic rings. The Bertz CT molecular complexity index is 545. The van der Waals surface area contributed by atoms with Gasteiger partial charge in [-0.25, -0.2) is 0 Å². The summed E-state index contributed by atoms with van der Waals surface area (Å²) in [5.41, 5.74) is 5.09. The Hall–Kier alpha value is -1.61. The first-order valence-electron chi connectivity index (χ1n) is 6.54. The van der Waals surface area contributed by atoms with Gasteiger partial charge < -0.3 is 9.73 Å². The second kappa shape index (κ2) is 4.94. The number of furan rings is 1. The first kappa shape index (κ1) is 11.5. The molecular weight excluding hydrogens is 224 g/mol. The van der Waals surface area contributed by atoms with Crippen molar-refractivity contribution in [1.82, 2.24) is 10.3 Å². The molecule has 0 fully saturated rings. The van der Waals surface area contributed by atoms with Gasteiger partial charge in [0.1, 0.15) is 5.76 Å². The first-order valence-corrected chi connectivity index (χ1v) is 6.54. The van der Waals surface area contributed by atoms with Gasteiger partial charge in [-0.3, -0.25) is 4.98 Å². The molecule has 1 N–H and O–H groups in total. The maximum Gasteiger partial charge on any atom is 0.105 e. The lowest BCUT2D eigenvalue weighted by molar-refractivity contribution is 0.526. The molecule has 0 bridgehead atoms. The zero-order valence-corrected chi connectivity index (χ0v) is 10.7. The molecule has 0 spiro atoms. The van der Waals surface area contributed by atoms with Crippen molar-refractivity contribution in [1.29, 1.82) is 0 Å². The first-order chi connectivity index (χ1) is 8.83. The minimum atomic E-state index is 0.817. The third-order valence-electron chi connectivity index (χ3n) is 3.57. The smallest absolute Gasteiger partial charge is 0.105 e. The predicted molar refractivity (Wildman–Crippen MR) is 70.3 cm³/mol.